The first-order valence-electron chi connectivity index (χ1n) is 6.58. The highest BCUT2D eigenvalue weighted by atomic mass is 16.5. The number of pyridine rings is 1. The quantitative estimate of drug-likeness (QED) is 0.869. The van der Waals surface area contributed by atoms with Crippen molar-refractivity contribution in [3.63, 3.8) is 0 Å². The largest absolute Gasteiger partial charge is 0.383 e. The summed E-state index contributed by atoms with van der Waals surface area (Å²) in [4.78, 5) is 24.2. The first-order valence-corrected chi connectivity index (χ1v) is 6.58. The lowest BCUT2D eigenvalue weighted by Crippen LogP contribution is -2.22. The normalized spacial score (nSPS) is 11.0. The third-order valence-corrected chi connectivity index (χ3v) is 2.92. The van der Waals surface area contributed by atoms with Crippen LogP contribution in [0.1, 0.15) is 11.4 Å². The first kappa shape index (κ1) is 14.9. The Kier molecular flexibility index (Phi) is 5.22. The highest BCUT2D eigenvalue weighted by Gasteiger charge is 2.01. The summed E-state index contributed by atoms with van der Waals surface area (Å²) in [6.07, 6.45) is 6.84. The highest BCUT2D eigenvalue weighted by molar-refractivity contribution is 5.66. The lowest BCUT2D eigenvalue weighted by molar-refractivity contribution is 0.206. The highest BCUT2D eigenvalue weighted by Crippen LogP contribution is 2.11. The number of likely N-dealkylation sites (N-methyl/N-ethyl adjacent to an activating group) is 1. The van der Waals surface area contributed by atoms with E-state index in [4.69, 9.17) is 4.74 Å². The number of nitrogens with zero attached hydrogens (tertiary/aromatic N) is 3. The molecule has 2 aromatic heterocycles. The van der Waals surface area contributed by atoms with E-state index in [0.29, 0.717) is 12.4 Å². The van der Waals surface area contributed by atoms with Crippen molar-refractivity contribution in [3.05, 3.63) is 52.3 Å². The smallest absolute Gasteiger partial charge is 0.251 e. The number of aromatic amines is 1. The Labute approximate surface area is 123 Å². The number of anilines is 1. The molecule has 0 atom stereocenters. The van der Waals surface area contributed by atoms with E-state index < -0.39 is 0 Å². The summed E-state index contributed by atoms with van der Waals surface area (Å²) >= 11 is 0. The van der Waals surface area contributed by atoms with Gasteiger partial charge in [0, 0.05) is 39.2 Å². The van der Waals surface area contributed by atoms with Crippen LogP contribution in [0.3, 0.4) is 0 Å². The van der Waals surface area contributed by atoms with Crippen LogP contribution >= 0.6 is 0 Å². The van der Waals surface area contributed by atoms with Gasteiger partial charge >= 0.3 is 0 Å². The minimum Gasteiger partial charge on any atom is -0.383 e. The first-order chi connectivity index (χ1) is 10.2. The molecule has 6 nitrogen and oxygen atoms in total. The van der Waals surface area contributed by atoms with Crippen LogP contribution < -0.4 is 10.5 Å². The lowest BCUT2D eigenvalue weighted by atomic mass is 10.2. The second kappa shape index (κ2) is 7.35. The average Bonchev–Trinajstić information content (AvgIpc) is 2.51. The van der Waals surface area contributed by atoms with Crippen molar-refractivity contribution in [3.8, 4) is 0 Å². The number of nitrogens with one attached hydrogen (secondary N) is 1. The Morgan fingerprint density at radius 1 is 1.29 bits per heavy atom. The Hall–Kier alpha value is -2.47. The zero-order valence-corrected chi connectivity index (χ0v) is 12.1. The Morgan fingerprint density at radius 3 is 2.81 bits per heavy atom. The number of hydrogen-bond acceptors (Lipinski definition) is 5. The van der Waals surface area contributed by atoms with Gasteiger partial charge in [-0.1, -0.05) is 0 Å². The maximum Gasteiger partial charge on any atom is 0.251 e. The van der Waals surface area contributed by atoms with Crippen molar-refractivity contribution in [2.24, 2.45) is 0 Å². The van der Waals surface area contributed by atoms with Gasteiger partial charge in [-0.25, -0.2) is 9.97 Å². The minimum absolute atomic E-state index is 0.169. The van der Waals surface area contributed by atoms with Crippen LogP contribution in [-0.4, -0.2) is 42.3 Å². The van der Waals surface area contributed by atoms with E-state index in [0.717, 1.165) is 17.9 Å². The van der Waals surface area contributed by atoms with Gasteiger partial charge in [0.2, 0.25) is 0 Å². The zero-order valence-electron chi connectivity index (χ0n) is 12.1. The van der Waals surface area contributed by atoms with Gasteiger partial charge in [0.15, 0.2) is 0 Å². The molecule has 0 radical (unpaired) electrons. The summed E-state index contributed by atoms with van der Waals surface area (Å²) < 4.78 is 5.04. The molecule has 1 N–H and O–H groups in total. The van der Waals surface area contributed by atoms with Crippen LogP contribution in [0.4, 0.5) is 5.82 Å². The lowest BCUT2D eigenvalue weighted by Gasteiger charge is -2.17. The molecule has 0 aliphatic rings. The van der Waals surface area contributed by atoms with Gasteiger partial charge in [0.25, 0.3) is 5.56 Å². The molecule has 110 valence electrons. The van der Waals surface area contributed by atoms with Gasteiger partial charge in [0.05, 0.1) is 6.61 Å². The van der Waals surface area contributed by atoms with E-state index in [1.54, 1.807) is 19.4 Å². The standard InChI is InChI=1S/C15H18N4O2/c1-19(9-10-21-2)14-6-4-12(11-17-14)3-5-13-16-8-7-15(20)18-13/h3-8,11H,9-10H2,1-2H3,(H,16,18,20). The van der Waals surface area contributed by atoms with Crippen molar-refractivity contribution < 1.29 is 4.74 Å². The molecular formula is C15H18N4O2. The van der Waals surface area contributed by atoms with Crippen LogP contribution in [0.5, 0.6) is 0 Å². The van der Waals surface area contributed by atoms with Crippen molar-refractivity contribution in [2.45, 2.75) is 0 Å². The van der Waals surface area contributed by atoms with Gasteiger partial charge in [-0.05, 0) is 29.8 Å². The van der Waals surface area contributed by atoms with Gasteiger partial charge in [0.1, 0.15) is 11.6 Å². The number of ether oxygens (including phenoxy) is 1. The summed E-state index contributed by atoms with van der Waals surface area (Å²) in [5.41, 5.74) is 0.767. The predicted octanol–water partition coefficient (Wildman–Crippen LogP) is 1.42. The number of methoxy groups -OCH3 is 1. The van der Waals surface area contributed by atoms with Crippen molar-refractivity contribution >= 4 is 18.0 Å². The fourth-order valence-electron chi connectivity index (χ4n) is 1.71. The zero-order chi connectivity index (χ0) is 15.1. The molecule has 21 heavy (non-hydrogen) atoms. The monoisotopic (exact) mass is 286 g/mol. The molecule has 6 heteroatoms. The van der Waals surface area contributed by atoms with Crippen molar-refractivity contribution in [1.29, 1.82) is 0 Å². The van der Waals surface area contributed by atoms with E-state index in [-0.39, 0.29) is 5.56 Å². The topological polar surface area (TPSA) is 71.1 Å². The van der Waals surface area contributed by atoms with Crippen LogP contribution in [0.25, 0.3) is 12.2 Å². The molecule has 0 unspecified atom stereocenters. The minimum atomic E-state index is -0.169. The summed E-state index contributed by atoms with van der Waals surface area (Å²) in [6.45, 7) is 1.45. The van der Waals surface area contributed by atoms with E-state index in [9.17, 15) is 4.79 Å². The Balaban J connectivity index is 2.03. The maximum atomic E-state index is 11.2. The average molecular weight is 286 g/mol. The number of hydrogen-bond donors (Lipinski definition) is 1. The Morgan fingerprint density at radius 2 is 2.14 bits per heavy atom. The van der Waals surface area contributed by atoms with Crippen LogP contribution in [0.15, 0.2) is 35.4 Å². The summed E-state index contributed by atoms with van der Waals surface area (Å²) in [7, 11) is 3.65. The summed E-state index contributed by atoms with van der Waals surface area (Å²) in [5, 5.41) is 0. The van der Waals surface area contributed by atoms with Gasteiger partial charge in [-0.3, -0.25) is 4.79 Å². The van der Waals surface area contributed by atoms with E-state index >= 15 is 0 Å². The van der Waals surface area contributed by atoms with Gasteiger partial charge in [-0.2, -0.15) is 0 Å². The second-order valence-corrected chi connectivity index (χ2v) is 4.52. The SMILES string of the molecule is COCCN(C)c1ccc(C=Cc2nccc(=O)[nH]2)cn1. The number of aromatic nitrogens is 3. The molecule has 0 aliphatic heterocycles. The van der Waals surface area contributed by atoms with Gasteiger partial charge < -0.3 is 14.6 Å². The maximum absolute atomic E-state index is 11.2. The molecule has 0 fully saturated rings. The van der Waals surface area contributed by atoms with Crippen LogP contribution in [0.2, 0.25) is 0 Å². The molecule has 0 bridgehead atoms. The number of rotatable bonds is 6. The summed E-state index contributed by atoms with van der Waals surface area (Å²) in [6, 6.07) is 5.28. The van der Waals surface area contributed by atoms with Crippen LogP contribution in [-0.2, 0) is 4.74 Å². The molecule has 0 spiro atoms. The Bertz CT molecular complexity index is 649. The summed E-state index contributed by atoms with van der Waals surface area (Å²) in [5.74, 6) is 1.40. The third kappa shape index (κ3) is 4.54. The molecule has 0 saturated heterocycles. The molecular weight excluding hydrogens is 268 g/mol. The van der Waals surface area contributed by atoms with Crippen molar-refractivity contribution in [2.75, 3.05) is 32.2 Å². The second-order valence-electron chi connectivity index (χ2n) is 4.52. The molecule has 2 rings (SSSR count). The number of H-pyrrole nitrogens is 1. The molecule has 0 aliphatic carbocycles. The predicted molar refractivity (Wildman–Crippen MR) is 83.2 cm³/mol. The molecule has 2 aromatic rings. The van der Waals surface area contributed by atoms with Gasteiger partial charge in [-0.15, -0.1) is 0 Å². The van der Waals surface area contributed by atoms with Crippen LogP contribution in [0, 0.1) is 0 Å². The fraction of sp³-hybridized carbons (Fsp3) is 0.267. The third-order valence-electron chi connectivity index (χ3n) is 2.92. The molecule has 2 heterocycles. The van der Waals surface area contributed by atoms with E-state index in [1.807, 2.05) is 30.2 Å². The molecule has 0 saturated carbocycles. The molecule has 0 amide bonds. The van der Waals surface area contributed by atoms with Crippen molar-refractivity contribution in [1.82, 2.24) is 15.0 Å². The fourth-order valence-corrected chi connectivity index (χ4v) is 1.71. The van der Waals surface area contributed by atoms with E-state index in [2.05, 4.69) is 15.0 Å². The molecule has 0 aromatic carbocycles. The van der Waals surface area contributed by atoms with E-state index in [1.165, 1.54) is 12.3 Å².